The fourth-order valence-electron chi connectivity index (χ4n) is 2.42. The number of aromatic nitrogens is 4. The van der Waals surface area contributed by atoms with E-state index < -0.39 is 0 Å². The van der Waals surface area contributed by atoms with Crippen LogP contribution in [-0.4, -0.2) is 27.3 Å². The number of methoxy groups -OCH3 is 1. The molecule has 1 aromatic heterocycles. The zero-order valence-corrected chi connectivity index (χ0v) is 11.1. The van der Waals surface area contributed by atoms with Crippen molar-refractivity contribution in [2.75, 3.05) is 12.8 Å². The minimum atomic E-state index is 0.403. The van der Waals surface area contributed by atoms with Crippen LogP contribution in [-0.2, 0) is 0 Å². The first-order valence-corrected chi connectivity index (χ1v) is 6.46. The summed E-state index contributed by atoms with van der Waals surface area (Å²) in [4.78, 5) is 0. The van der Waals surface area contributed by atoms with Crippen molar-refractivity contribution in [3.8, 4) is 17.1 Å². The first-order chi connectivity index (χ1) is 9.24. The second kappa shape index (κ2) is 4.53. The Balaban J connectivity index is 2.01. The summed E-state index contributed by atoms with van der Waals surface area (Å²) in [5, 5.41) is 12.0. The molecule has 0 radical (unpaired) electrons. The molecule has 1 aliphatic rings. The summed E-state index contributed by atoms with van der Waals surface area (Å²) in [7, 11) is 1.63. The average Bonchev–Trinajstić information content (AvgIpc) is 3.07. The Kier molecular flexibility index (Phi) is 2.85. The van der Waals surface area contributed by atoms with Gasteiger partial charge in [0.15, 0.2) is 5.82 Å². The topological polar surface area (TPSA) is 78.8 Å². The SMILES string of the molecule is CCC1CC1n1nnnc1-c1cc(OC)ccc1N. The van der Waals surface area contributed by atoms with Gasteiger partial charge in [0.25, 0.3) is 0 Å². The van der Waals surface area contributed by atoms with Crippen LogP contribution in [0.1, 0.15) is 25.8 Å². The molecule has 1 aromatic carbocycles. The van der Waals surface area contributed by atoms with Gasteiger partial charge in [-0.25, -0.2) is 4.68 Å². The molecule has 0 spiro atoms. The lowest BCUT2D eigenvalue weighted by atomic mass is 10.1. The summed E-state index contributed by atoms with van der Waals surface area (Å²) in [5.74, 6) is 2.15. The van der Waals surface area contributed by atoms with Gasteiger partial charge in [-0.2, -0.15) is 0 Å². The van der Waals surface area contributed by atoms with E-state index in [1.54, 1.807) is 7.11 Å². The van der Waals surface area contributed by atoms with Crippen LogP contribution in [0.5, 0.6) is 5.75 Å². The molecular formula is C13H17N5O. The lowest BCUT2D eigenvalue weighted by molar-refractivity contribution is 0.415. The van der Waals surface area contributed by atoms with Crippen molar-refractivity contribution < 1.29 is 4.74 Å². The molecule has 0 saturated heterocycles. The number of anilines is 1. The second-order valence-electron chi connectivity index (χ2n) is 4.87. The molecule has 1 fully saturated rings. The molecule has 1 heterocycles. The Morgan fingerprint density at radius 2 is 2.32 bits per heavy atom. The van der Waals surface area contributed by atoms with E-state index >= 15 is 0 Å². The van der Waals surface area contributed by atoms with Gasteiger partial charge in [0.05, 0.1) is 13.2 Å². The number of rotatable bonds is 4. The average molecular weight is 259 g/mol. The Morgan fingerprint density at radius 3 is 3.00 bits per heavy atom. The van der Waals surface area contributed by atoms with E-state index in [2.05, 4.69) is 22.4 Å². The monoisotopic (exact) mass is 259 g/mol. The summed E-state index contributed by atoms with van der Waals surface area (Å²) in [6.07, 6.45) is 2.29. The highest BCUT2D eigenvalue weighted by Crippen LogP contribution is 2.46. The number of nitrogen functional groups attached to an aromatic ring is 1. The highest BCUT2D eigenvalue weighted by molar-refractivity contribution is 5.73. The third-order valence-corrected chi connectivity index (χ3v) is 3.72. The van der Waals surface area contributed by atoms with Crippen molar-refractivity contribution in [3.63, 3.8) is 0 Å². The molecular weight excluding hydrogens is 242 g/mol. The van der Waals surface area contributed by atoms with Crippen LogP contribution in [0.15, 0.2) is 18.2 Å². The van der Waals surface area contributed by atoms with Gasteiger partial charge in [-0.3, -0.25) is 0 Å². The zero-order chi connectivity index (χ0) is 13.4. The number of tetrazole rings is 1. The Morgan fingerprint density at radius 1 is 1.47 bits per heavy atom. The van der Waals surface area contributed by atoms with E-state index in [0.29, 0.717) is 17.6 Å². The van der Waals surface area contributed by atoms with E-state index in [9.17, 15) is 0 Å². The van der Waals surface area contributed by atoms with Crippen LogP contribution in [0.3, 0.4) is 0 Å². The largest absolute Gasteiger partial charge is 0.497 e. The molecule has 0 amide bonds. The van der Waals surface area contributed by atoms with Crippen LogP contribution in [0.2, 0.25) is 0 Å². The van der Waals surface area contributed by atoms with Crippen LogP contribution in [0, 0.1) is 5.92 Å². The maximum Gasteiger partial charge on any atom is 0.184 e. The third-order valence-electron chi connectivity index (χ3n) is 3.72. The zero-order valence-electron chi connectivity index (χ0n) is 11.1. The summed E-state index contributed by atoms with van der Waals surface area (Å²) < 4.78 is 7.12. The van der Waals surface area contributed by atoms with Crippen LogP contribution < -0.4 is 10.5 Å². The standard InChI is InChI=1S/C13H17N5O/c1-3-8-6-12(8)18-13(15-16-17-18)10-7-9(19-2)4-5-11(10)14/h4-5,7-8,12H,3,6,14H2,1-2H3. The van der Waals surface area contributed by atoms with Gasteiger partial charge >= 0.3 is 0 Å². The number of ether oxygens (including phenoxy) is 1. The van der Waals surface area contributed by atoms with Gasteiger partial charge in [-0.1, -0.05) is 13.3 Å². The molecule has 0 aliphatic heterocycles. The maximum absolute atomic E-state index is 6.03. The summed E-state index contributed by atoms with van der Waals surface area (Å²) in [6.45, 7) is 2.19. The number of benzene rings is 1. The molecule has 100 valence electrons. The molecule has 2 unspecified atom stereocenters. The molecule has 2 N–H and O–H groups in total. The van der Waals surface area contributed by atoms with E-state index in [4.69, 9.17) is 10.5 Å². The van der Waals surface area contributed by atoms with Crippen LogP contribution in [0.4, 0.5) is 5.69 Å². The molecule has 6 heteroatoms. The summed E-state index contributed by atoms with van der Waals surface area (Å²) in [5.41, 5.74) is 7.51. The molecule has 1 aliphatic carbocycles. The van der Waals surface area contributed by atoms with E-state index in [1.807, 2.05) is 22.9 Å². The molecule has 2 atom stereocenters. The lowest BCUT2D eigenvalue weighted by Gasteiger charge is -2.08. The van der Waals surface area contributed by atoms with Gasteiger partial charge in [0.1, 0.15) is 5.75 Å². The predicted molar refractivity (Wildman–Crippen MR) is 71.7 cm³/mol. The molecule has 6 nitrogen and oxygen atoms in total. The molecule has 1 saturated carbocycles. The summed E-state index contributed by atoms with van der Waals surface area (Å²) in [6, 6.07) is 5.93. The number of nitrogens with two attached hydrogens (primary N) is 1. The fraction of sp³-hybridized carbons (Fsp3) is 0.462. The third kappa shape index (κ3) is 2.03. The number of nitrogens with zero attached hydrogens (tertiary/aromatic N) is 4. The van der Waals surface area contributed by atoms with Gasteiger partial charge < -0.3 is 10.5 Å². The molecule has 0 bridgehead atoms. The molecule has 19 heavy (non-hydrogen) atoms. The summed E-state index contributed by atoms with van der Waals surface area (Å²) >= 11 is 0. The Bertz CT molecular complexity index is 594. The van der Waals surface area contributed by atoms with Gasteiger partial charge in [-0.15, -0.1) is 5.10 Å². The van der Waals surface area contributed by atoms with E-state index in [-0.39, 0.29) is 0 Å². The van der Waals surface area contributed by atoms with E-state index in [0.717, 1.165) is 30.0 Å². The maximum atomic E-state index is 6.03. The normalized spacial score (nSPS) is 21.4. The highest BCUT2D eigenvalue weighted by atomic mass is 16.5. The van der Waals surface area contributed by atoms with Crippen molar-refractivity contribution >= 4 is 5.69 Å². The Labute approximate surface area is 111 Å². The van der Waals surface area contributed by atoms with Crippen molar-refractivity contribution in [1.29, 1.82) is 0 Å². The van der Waals surface area contributed by atoms with Crippen LogP contribution in [0.25, 0.3) is 11.4 Å². The first kappa shape index (κ1) is 12.0. The number of hydrogen-bond acceptors (Lipinski definition) is 5. The van der Waals surface area contributed by atoms with Crippen molar-refractivity contribution in [1.82, 2.24) is 20.2 Å². The van der Waals surface area contributed by atoms with Crippen molar-refractivity contribution in [3.05, 3.63) is 18.2 Å². The quantitative estimate of drug-likeness (QED) is 0.848. The predicted octanol–water partition coefficient (Wildman–Crippen LogP) is 1.90. The van der Waals surface area contributed by atoms with Gasteiger partial charge in [0.2, 0.25) is 0 Å². The van der Waals surface area contributed by atoms with Crippen molar-refractivity contribution in [2.45, 2.75) is 25.8 Å². The number of hydrogen-bond donors (Lipinski definition) is 1. The second-order valence-corrected chi connectivity index (χ2v) is 4.87. The van der Waals surface area contributed by atoms with Gasteiger partial charge in [-0.05, 0) is 41.0 Å². The lowest BCUT2D eigenvalue weighted by Crippen LogP contribution is -2.03. The van der Waals surface area contributed by atoms with E-state index in [1.165, 1.54) is 0 Å². The highest BCUT2D eigenvalue weighted by Gasteiger charge is 2.39. The smallest absolute Gasteiger partial charge is 0.184 e. The van der Waals surface area contributed by atoms with Crippen LogP contribution >= 0.6 is 0 Å². The molecule has 3 rings (SSSR count). The van der Waals surface area contributed by atoms with Crippen molar-refractivity contribution in [2.24, 2.45) is 5.92 Å². The fourth-order valence-corrected chi connectivity index (χ4v) is 2.42. The Hall–Kier alpha value is -2.11. The minimum Gasteiger partial charge on any atom is -0.497 e. The minimum absolute atomic E-state index is 0.403. The molecule has 2 aromatic rings. The van der Waals surface area contributed by atoms with Gasteiger partial charge in [0, 0.05) is 11.3 Å². The first-order valence-electron chi connectivity index (χ1n) is 6.46.